The van der Waals surface area contributed by atoms with E-state index in [1.807, 2.05) is 19.0 Å². The molecule has 0 saturated carbocycles. The molecule has 2 aromatic rings. The van der Waals surface area contributed by atoms with Gasteiger partial charge in [-0.25, -0.2) is 4.39 Å². The van der Waals surface area contributed by atoms with Gasteiger partial charge in [0, 0.05) is 33.1 Å². The Hall–Kier alpha value is -2.71. The smallest absolute Gasteiger partial charge is 0.295 e. The fourth-order valence-corrected chi connectivity index (χ4v) is 2.85. The number of nitro benzene ring substituents is 1. The van der Waals surface area contributed by atoms with Crippen LogP contribution in [0.4, 0.5) is 21.7 Å². The van der Waals surface area contributed by atoms with Crippen molar-refractivity contribution in [2.45, 2.75) is 18.8 Å². The molecule has 0 bridgehead atoms. The van der Waals surface area contributed by atoms with Crippen molar-refractivity contribution in [3.05, 3.63) is 40.0 Å². The van der Waals surface area contributed by atoms with E-state index in [-0.39, 0.29) is 11.6 Å². The van der Waals surface area contributed by atoms with Crippen LogP contribution in [0.3, 0.4) is 0 Å². The van der Waals surface area contributed by atoms with Gasteiger partial charge in [-0.2, -0.15) is 4.98 Å². The molecule has 1 aliphatic rings. The number of rotatable bonds is 4. The summed E-state index contributed by atoms with van der Waals surface area (Å²) in [5, 5.41) is 15.1. The van der Waals surface area contributed by atoms with Crippen molar-refractivity contribution in [2.24, 2.45) is 0 Å². The van der Waals surface area contributed by atoms with E-state index in [4.69, 9.17) is 4.52 Å². The molecule has 128 valence electrons. The lowest BCUT2D eigenvalue weighted by Crippen LogP contribution is -2.33. The maximum absolute atomic E-state index is 13.3. The second-order valence-electron chi connectivity index (χ2n) is 5.98. The maximum Gasteiger partial charge on any atom is 0.295 e. The second kappa shape index (κ2) is 6.42. The van der Waals surface area contributed by atoms with Gasteiger partial charge in [0.1, 0.15) is 11.5 Å². The van der Waals surface area contributed by atoms with Crippen molar-refractivity contribution in [1.82, 2.24) is 10.1 Å². The van der Waals surface area contributed by atoms with Crippen LogP contribution in [0.1, 0.15) is 24.7 Å². The van der Waals surface area contributed by atoms with Gasteiger partial charge in [-0.05, 0) is 30.1 Å². The van der Waals surface area contributed by atoms with Gasteiger partial charge in [0.25, 0.3) is 11.6 Å². The number of benzene rings is 1. The SMILES string of the molecule is CN(C)c1noc(C2CCN(c3ccc(F)cc3[N+](=O)[O-])CC2)n1. The van der Waals surface area contributed by atoms with Crippen LogP contribution in [0.25, 0.3) is 0 Å². The molecule has 0 N–H and O–H groups in total. The highest BCUT2D eigenvalue weighted by Crippen LogP contribution is 2.34. The lowest BCUT2D eigenvalue weighted by molar-refractivity contribution is -0.384. The molecular formula is C15H18FN5O3. The van der Waals surface area contributed by atoms with E-state index in [9.17, 15) is 14.5 Å². The molecule has 0 radical (unpaired) electrons. The largest absolute Gasteiger partial charge is 0.366 e. The predicted molar refractivity (Wildman–Crippen MR) is 85.9 cm³/mol. The van der Waals surface area contributed by atoms with Crippen LogP contribution >= 0.6 is 0 Å². The molecule has 8 nitrogen and oxygen atoms in total. The van der Waals surface area contributed by atoms with Crippen LogP contribution in [-0.4, -0.2) is 42.2 Å². The third kappa shape index (κ3) is 3.15. The van der Waals surface area contributed by atoms with Crippen molar-refractivity contribution in [3.63, 3.8) is 0 Å². The Morgan fingerprint density at radius 3 is 2.67 bits per heavy atom. The number of hydrogen-bond donors (Lipinski definition) is 0. The van der Waals surface area contributed by atoms with Gasteiger partial charge in [-0.3, -0.25) is 10.1 Å². The van der Waals surface area contributed by atoms with Gasteiger partial charge in [-0.1, -0.05) is 0 Å². The van der Waals surface area contributed by atoms with Crippen LogP contribution in [0.15, 0.2) is 22.7 Å². The normalized spacial score (nSPS) is 15.5. The molecule has 2 heterocycles. The van der Waals surface area contributed by atoms with Crippen LogP contribution in [0.5, 0.6) is 0 Å². The van der Waals surface area contributed by atoms with Crippen LogP contribution in [-0.2, 0) is 0 Å². The van der Waals surface area contributed by atoms with Crippen molar-refractivity contribution < 1.29 is 13.8 Å². The minimum Gasteiger partial charge on any atom is -0.366 e. The molecule has 1 aromatic heterocycles. The number of nitrogens with zero attached hydrogens (tertiary/aromatic N) is 5. The zero-order chi connectivity index (χ0) is 17.3. The molecule has 24 heavy (non-hydrogen) atoms. The summed E-state index contributed by atoms with van der Waals surface area (Å²) in [6, 6.07) is 3.67. The van der Waals surface area contributed by atoms with Gasteiger partial charge in [0.15, 0.2) is 0 Å². The Balaban J connectivity index is 1.72. The molecule has 0 aliphatic carbocycles. The number of nitro groups is 1. The Kier molecular flexibility index (Phi) is 4.32. The number of aromatic nitrogens is 2. The van der Waals surface area contributed by atoms with Gasteiger partial charge in [-0.15, -0.1) is 0 Å². The van der Waals surface area contributed by atoms with Crippen molar-refractivity contribution in [1.29, 1.82) is 0 Å². The molecule has 1 aromatic carbocycles. The summed E-state index contributed by atoms with van der Waals surface area (Å²) in [7, 11) is 3.68. The predicted octanol–water partition coefficient (Wildman–Crippen LogP) is 2.57. The third-order valence-corrected chi connectivity index (χ3v) is 4.15. The highest BCUT2D eigenvalue weighted by atomic mass is 19.1. The van der Waals surface area contributed by atoms with Crippen molar-refractivity contribution in [2.75, 3.05) is 37.0 Å². The van der Waals surface area contributed by atoms with E-state index in [0.717, 1.165) is 18.9 Å². The summed E-state index contributed by atoms with van der Waals surface area (Å²) in [5.74, 6) is 0.637. The molecule has 0 atom stereocenters. The lowest BCUT2D eigenvalue weighted by Gasteiger charge is -2.31. The van der Waals surface area contributed by atoms with Crippen LogP contribution < -0.4 is 9.80 Å². The molecule has 1 fully saturated rings. The molecule has 9 heteroatoms. The zero-order valence-electron chi connectivity index (χ0n) is 13.5. The highest BCUT2D eigenvalue weighted by molar-refractivity contribution is 5.63. The average molecular weight is 335 g/mol. The first-order chi connectivity index (χ1) is 11.5. The van der Waals surface area contributed by atoms with Crippen molar-refractivity contribution in [3.8, 4) is 0 Å². The fraction of sp³-hybridized carbons (Fsp3) is 0.467. The molecule has 0 spiro atoms. The Labute approximate surface area is 138 Å². The highest BCUT2D eigenvalue weighted by Gasteiger charge is 2.28. The Bertz CT molecular complexity index is 740. The summed E-state index contributed by atoms with van der Waals surface area (Å²) < 4.78 is 18.6. The molecular weight excluding hydrogens is 317 g/mol. The van der Waals surface area contributed by atoms with Crippen molar-refractivity contribution >= 4 is 17.3 Å². The first-order valence-corrected chi connectivity index (χ1v) is 7.65. The van der Waals surface area contributed by atoms with E-state index in [2.05, 4.69) is 10.1 Å². The number of anilines is 2. The zero-order valence-corrected chi connectivity index (χ0v) is 13.5. The molecule has 3 rings (SSSR count). The number of piperidine rings is 1. The van der Waals surface area contributed by atoms with E-state index in [1.54, 1.807) is 4.90 Å². The van der Waals surface area contributed by atoms with Gasteiger partial charge in [0.05, 0.1) is 11.0 Å². The van der Waals surface area contributed by atoms with Gasteiger partial charge < -0.3 is 14.3 Å². The Morgan fingerprint density at radius 1 is 1.38 bits per heavy atom. The van der Waals surface area contributed by atoms with Crippen LogP contribution in [0.2, 0.25) is 0 Å². The molecule has 1 aliphatic heterocycles. The van der Waals surface area contributed by atoms with Crippen LogP contribution in [0, 0.1) is 15.9 Å². The second-order valence-corrected chi connectivity index (χ2v) is 5.98. The standard InChI is InChI=1S/C15H18FN5O3/c1-19(2)15-17-14(24-18-15)10-5-7-20(8-6-10)12-4-3-11(16)9-13(12)21(22)23/h3-4,9-10H,5-8H2,1-2H3. The van der Waals surface area contributed by atoms with Gasteiger partial charge in [0.2, 0.25) is 5.89 Å². The monoisotopic (exact) mass is 335 g/mol. The Morgan fingerprint density at radius 2 is 2.08 bits per heavy atom. The molecule has 0 amide bonds. The minimum absolute atomic E-state index is 0.127. The quantitative estimate of drug-likeness (QED) is 0.626. The maximum atomic E-state index is 13.3. The van der Waals surface area contributed by atoms with E-state index in [1.165, 1.54) is 12.1 Å². The third-order valence-electron chi connectivity index (χ3n) is 4.15. The first-order valence-electron chi connectivity index (χ1n) is 7.65. The summed E-state index contributed by atoms with van der Waals surface area (Å²) >= 11 is 0. The summed E-state index contributed by atoms with van der Waals surface area (Å²) in [6.07, 6.45) is 1.48. The van der Waals surface area contributed by atoms with Gasteiger partial charge >= 0.3 is 0 Å². The minimum atomic E-state index is -0.609. The summed E-state index contributed by atoms with van der Waals surface area (Å²) in [5.41, 5.74) is 0.237. The lowest BCUT2D eigenvalue weighted by atomic mass is 9.96. The summed E-state index contributed by atoms with van der Waals surface area (Å²) in [6.45, 7) is 1.22. The number of halogens is 1. The first kappa shape index (κ1) is 16.2. The van der Waals surface area contributed by atoms with E-state index < -0.39 is 10.7 Å². The number of hydrogen-bond acceptors (Lipinski definition) is 7. The van der Waals surface area contributed by atoms with E-state index >= 15 is 0 Å². The molecule has 1 saturated heterocycles. The van der Waals surface area contributed by atoms with E-state index in [0.29, 0.717) is 30.6 Å². The molecule has 0 unspecified atom stereocenters. The average Bonchev–Trinajstić information content (AvgIpc) is 3.05. The topological polar surface area (TPSA) is 88.5 Å². The fourth-order valence-electron chi connectivity index (χ4n) is 2.85. The summed E-state index contributed by atoms with van der Waals surface area (Å²) in [4.78, 5) is 18.6.